The van der Waals surface area contributed by atoms with Gasteiger partial charge < -0.3 is 14.3 Å². The molecule has 0 fully saturated rings. The number of aromatic nitrogens is 1. The van der Waals surface area contributed by atoms with Crippen LogP contribution in [0, 0.1) is 0 Å². The van der Waals surface area contributed by atoms with Crippen LogP contribution in [-0.2, 0) is 0 Å². The monoisotopic (exact) mass is 626 g/mol. The number of furan rings is 1. The van der Waals surface area contributed by atoms with Crippen molar-refractivity contribution in [3.8, 4) is 27.9 Å². The lowest BCUT2D eigenvalue weighted by atomic mass is 9.99. The second-order valence-corrected chi connectivity index (χ2v) is 12.6. The van der Waals surface area contributed by atoms with Gasteiger partial charge in [-0.3, -0.25) is 0 Å². The molecule has 0 spiro atoms. The molecule has 1 N–H and O–H groups in total. The molecular formula is C46H30N2O. The molecule has 0 amide bonds. The maximum absolute atomic E-state index is 6.41. The van der Waals surface area contributed by atoms with Crippen LogP contribution in [0.2, 0.25) is 0 Å². The molecule has 3 heteroatoms. The molecule has 230 valence electrons. The van der Waals surface area contributed by atoms with Crippen LogP contribution in [-0.4, -0.2) is 4.57 Å². The van der Waals surface area contributed by atoms with Crippen molar-refractivity contribution in [1.29, 1.82) is 0 Å². The van der Waals surface area contributed by atoms with E-state index in [0.29, 0.717) is 0 Å². The van der Waals surface area contributed by atoms with Crippen LogP contribution < -0.4 is 5.32 Å². The standard InChI is InChI=1S/C46H30N2O/c1-2-11-36(12-3-1)48-42-16-8-6-14-38(42)39-27-24-33(29-43(39)48)32-20-18-30(19-21-32)31-22-25-35(26-23-31)47-41-28-34-10-4-5-13-37(34)45-40-15-7-9-17-44(40)49-46(41)45/h1-29,47H. The second kappa shape index (κ2) is 11.0. The molecule has 0 bridgehead atoms. The fraction of sp³-hybridized carbons (Fsp3) is 0. The van der Waals surface area contributed by atoms with Crippen molar-refractivity contribution in [3.63, 3.8) is 0 Å². The van der Waals surface area contributed by atoms with Crippen molar-refractivity contribution in [3.05, 3.63) is 176 Å². The van der Waals surface area contributed by atoms with Gasteiger partial charge in [0.2, 0.25) is 0 Å². The largest absolute Gasteiger partial charge is 0.454 e. The van der Waals surface area contributed by atoms with Crippen molar-refractivity contribution in [2.75, 3.05) is 5.32 Å². The van der Waals surface area contributed by atoms with Crippen LogP contribution >= 0.6 is 0 Å². The molecule has 3 nitrogen and oxygen atoms in total. The van der Waals surface area contributed by atoms with Crippen LogP contribution in [0.4, 0.5) is 11.4 Å². The van der Waals surface area contributed by atoms with Crippen LogP contribution in [0.15, 0.2) is 180 Å². The smallest absolute Gasteiger partial charge is 0.159 e. The molecule has 10 aromatic rings. The molecule has 0 saturated carbocycles. The van der Waals surface area contributed by atoms with Crippen LogP contribution in [0.5, 0.6) is 0 Å². The number of hydrogen-bond donors (Lipinski definition) is 1. The summed E-state index contributed by atoms with van der Waals surface area (Å²) in [6.45, 7) is 0. The van der Waals surface area contributed by atoms with Gasteiger partial charge in [0, 0.05) is 32.9 Å². The van der Waals surface area contributed by atoms with E-state index in [1.807, 2.05) is 12.1 Å². The first-order chi connectivity index (χ1) is 24.3. The number of fused-ring (bicyclic) bond motifs is 8. The van der Waals surface area contributed by atoms with E-state index in [1.54, 1.807) is 0 Å². The highest BCUT2D eigenvalue weighted by atomic mass is 16.3. The minimum absolute atomic E-state index is 0.877. The van der Waals surface area contributed by atoms with Gasteiger partial charge in [-0.05, 0) is 81.6 Å². The molecule has 49 heavy (non-hydrogen) atoms. The van der Waals surface area contributed by atoms with Gasteiger partial charge in [0.25, 0.3) is 0 Å². The first-order valence-corrected chi connectivity index (χ1v) is 16.7. The molecule has 2 aromatic heterocycles. The maximum Gasteiger partial charge on any atom is 0.159 e. The predicted octanol–water partition coefficient (Wildman–Crippen LogP) is 12.9. The highest BCUT2D eigenvalue weighted by Gasteiger charge is 2.16. The number of rotatable bonds is 5. The van der Waals surface area contributed by atoms with Crippen LogP contribution in [0.1, 0.15) is 0 Å². The van der Waals surface area contributed by atoms with Crippen LogP contribution in [0.3, 0.4) is 0 Å². The molecule has 0 atom stereocenters. The molecule has 0 saturated heterocycles. The van der Waals surface area contributed by atoms with Gasteiger partial charge in [-0.15, -0.1) is 0 Å². The quantitative estimate of drug-likeness (QED) is 0.206. The van der Waals surface area contributed by atoms with Gasteiger partial charge in [0.05, 0.1) is 16.7 Å². The summed E-state index contributed by atoms with van der Waals surface area (Å²) < 4.78 is 8.78. The number of benzene rings is 8. The summed E-state index contributed by atoms with van der Waals surface area (Å²) in [5.41, 5.74) is 12.1. The van der Waals surface area contributed by atoms with Gasteiger partial charge in [-0.1, -0.05) is 127 Å². The normalized spacial score (nSPS) is 11.7. The summed E-state index contributed by atoms with van der Waals surface area (Å²) in [6, 6.07) is 62.6. The van der Waals surface area contributed by atoms with Gasteiger partial charge >= 0.3 is 0 Å². The Hall–Kier alpha value is -6.58. The second-order valence-electron chi connectivity index (χ2n) is 12.6. The minimum Gasteiger partial charge on any atom is -0.454 e. The van der Waals surface area contributed by atoms with Gasteiger partial charge in [0.15, 0.2) is 5.58 Å². The van der Waals surface area contributed by atoms with Gasteiger partial charge in [0.1, 0.15) is 5.58 Å². The van der Waals surface area contributed by atoms with Crippen molar-refractivity contribution >= 4 is 65.9 Å². The van der Waals surface area contributed by atoms with E-state index < -0.39 is 0 Å². The Balaban J connectivity index is 0.967. The fourth-order valence-corrected chi connectivity index (χ4v) is 7.43. The zero-order valence-corrected chi connectivity index (χ0v) is 26.6. The lowest BCUT2D eigenvalue weighted by molar-refractivity contribution is 0.670. The Labute approximate surface area is 283 Å². The Kier molecular flexibility index (Phi) is 6.18. The summed E-state index contributed by atoms with van der Waals surface area (Å²) in [5, 5.41) is 10.8. The Morgan fingerprint density at radius 3 is 1.82 bits per heavy atom. The third kappa shape index (κ3) is 4.51. The first kappa shape index (κ1) is 27.5. The zero-order valence-electron chi connectivity index (χ0n) is 26.6. The van der Waals surface area contributed by atoms with Crippen molar-refractivity contribution in [2.45, 2.75) is 0 Å². The number of nitrogens with one attached hydrogen (secondary N) is 1. The first-order valence-electron chi connectivity index (χ1n) is 16.7. The third-order valence-corrected chi connectivity index (χ3v) is 9.77. The molecule has 2 heterocycles. The highest BCUT2D eigenvalue weighted by molar-refractivity contribution is 6.22. The van der Waals surface area contributed by atoms with Gasteiger partial charge in [-0.2, -0.15) is 0 Å². The van der Waals surface area contributed by atoms with E-state index >= 15 is 0 Å². The summed E-state index contributed by atoms with van der Waals surface area (Å²) in [4.78, 5) is 0. The van der Waals surface area contributed by atoms with Crippen LogP contribution in [0.25, 0.3) is 82.5 Å². The zero-order chi connectivity index (χ0) is 32.3. The van der Waals surface area contributed by atoms with E-state index in [0.717, 1.165) is 33.3 Å². The molecule has 0 unspecified atom stereocenters. The average Bonchev–Trinajstić information content (AvgIpc) is 3.72. The Bertz CT molecular complexity index is 2820. The SMILES string of the molecule is c1ccc(-n2c3ccccc3c3ccc(-c4ccc(-c5ccc(Nc6cc7ccccc7c7c6oc6ccccc67)cc5)cc4)cc32)cc1. The summed E-state index contributed by atoms with van der Waals surface area (Å²) in [5.74, 6) is 0. The van der Waals surface area contributed by atoms with Crippen molar-refractivity contribution in [2.24, 2.45) is 0 Å². The van der Waals surface area contributed by atoms with Crippen molar-refractivity contribution in [1.82, 2.24) is 4.57 Å². The molecule has 0 aliphatic carbocycles. The molecule has 10 rings (SSSR count). The molecule has 0 aliphatic heterocycles. The third-order valence-electron chi connectivity index (χ3n) is 9.77. The van der Waals surface area contributed by atoms with E-state index in [-0.39, 0.29) is 0 Å². The number of para-hydroxylation sites is 3. The summed E-state index contributed by atoms with van der Waals surface area (Å²) in [6.07, 6.45) is 0. The molecule has 0 radical (unpaired) electrons. The van der Waals surface area contributed by atoms with E-state index in [4.69, 9.17) is 4.42 Å². The Morgan fingerprint density at radius 2 is 1.02 bits per heavy atom. The molecular weight excluding hydrogens is 597 g/mol. The molecule has 0 aliphatic rings. The summed E-state index contributed by atoms with van der Waals surface area (Å²) >= 11 is 0. The topological polar surface area (TPSA) is 30.1 Å². The van der Waals surface area contributed by atoms with E-state index in [1.165, 1.54) is 60.5 Å². The predicted molar refractivity (Wildman–Crippen MR) is 206 cm³/mol. The highest BCUT2D eigenvalue weighted by Crippen LogP contribution is 2.40. The van der Waals surface area contributed by atoms with E-state index in [9.17, 15) is 0 Å². The number of anilines is 2. The number of hydrogen-bond acceptors (Lipinski definition) is 2. The fourth-order valence-electron chi connectivity index (χ4n) is 7.43. The maximum atomic E-state index is 6.41. The Morgan fingerprint density at radius 1 is 0.429 bits per heavy atom. The minimum atomic E-state index is 0.877. The van der Waals surface area contributed by atoms with E-state index in [2.05, 4.69) is 174 Å². The average molecular weight is 627 g/mol. The lowest BCUT2D eigenvalue weighted by Gasteiger charge is -2.11. The number of nitrogens with zero attached hydrogens (tertiary/aromatic N) is 1. The lowest BCUT2D eigenvalue weighted by Crippen LogP contribution is -1.93. The molecule has 8 aromatic carbocycles. The van der Waals surface area contributed by atoms with Crippen molar-refractivity contribution < 1.29 is 4.42 Å². The summed E-state index contributed by atoms with van der Waals surface area (Å²) in [7, 11) is 0. The van der Waals surface area contributed by atoms with Gasteiger partial charge in [-0.25, -0.2) is 0 Å².